The van der Waals surface area contributed by atoms with Crippen LogP contribution in [-0.2, 0) is 14.3 Å². The van der Waals surface area contributed by atoms with E-state index >= 15 is 0 Å². The number of aryl methyl sites for hydroxylation is 1. The van der Waals surface area contributed by atoms with Crippen LogP contribution < -0.4 is 0 Å². The highest BCUT2D eigenvalue weighted by atomic mass is 127. The molecule has 0 fully saturated rings. The molecule has 1 rings (SSSR count). The van der Waals surface area contributed by atoms with Gasteiger partial charge in [-0.25, -0.2) is 0 Å². The molecule has 3 heteroatoms. The lowest BCUT2D eigenvalue weighted by Gasteiger charge is -1.98. The Hall–Kier alpha value is -0.580. The smallest absolute Gasteiger partial charge is 0.319 e. The molecule has 0 saturated carbocycles. The first-order valence-corrected chi connectivity index (χ1v) is 4.47. The molecule has 0 spiro atoms. The van der Waals surface area contributed by atoms with Crippen LogP contribution in [0, 0.1) is 6.92 Å². The van der Waals surface area contributed by atoms with Crippen LogP contribution in [0.3, 0.4) is 0 Å². The van der Waals surface area contributed by atoms with Crippen LogP contribution in [0.5, 0.6) is 0 Å². The van der Waals surface area contributed by atoms with Gasteiger partial charge in [-0.1, -0.05) is 29.8 Å². The van der Waals surface area contributed by atoms with Crippen molar-refractivity contribution in [3.05, 3.63) is 35.4 Å². The van der Waals surface area contributed by atoms with Crippen molar-refractivity contribution in [2.24, 2.45) is 0 Å². The van der Waals surface area contributed by atoms with E-state index in [0.717, 1.165) is 11.1 Å². The number of hydrogen-bond donors (Lipinski definition) is 0. The van der Waals surface area contributed by atoms with Gasteiger partial charge >= 0.3 is 5.97 Å². The summed E-state index contributed by atoms with van der Waals surface area (Å²) in [5.74, 6) is -0.207. The van der Waals surface area contributed by atoms with Crippen molar-refractivity contribution in [2.75, 3.05) is 0 Å². The number of carbonyl (C=O) groups is 1. The van der Waals surface area contributed by atoms with E-state index in [1.54, 1.807) is 23.0 Å². The van der Waals surface area contributed by atoms with Gasteiger partial charge in [0.25, 0.3) is 0 Å². The predicted molar refractivity (Wildman–Crippen MR) is 55.0 cm³/mol. The maximum absolute atomic E-state index is 10.9. The van der Waals surface area contributed by atoms with E-state index in [-0.39, 0.29) is 5.97 Å². The average Bonchev–Trinajstić information content (AvgIpc) is 2.04. The fourth-order valence-electron chi connectivity index (χ4n) is 1.02. The molecule has 64 valence electrons. The van der Waals surface area contributed by atoms with Crippen LogP contribution in [0.15, 0.2) is 24.3 Å². The largest absolute Gasteiger partial charge is 0.394 e. The topological polar surface area (TPSA) is 26.3 Å². The predicted octanol–water partition coefficient (Wildman–Crippen LogP) is 2.43. The zero-order chi connectivity index (χ0) is 8.97. The van der Waals surface area contributed by atoms with Crippen molar-refractivity contribution in [2.45, 2.75) is 13.3 Å². The molecule has 1 aromatic rings. The van der Waals surface area contributed by atoms with Gasteiger partial charge in [0.05, 0.1) is 6.42 Å². The summed E-state index contributed by atoms with van der Waals surface area (Å²) in [5.41, 5.74) is 2.16. The summed E-state index contributed by atoms with van der Waals surface area (Å²) >= 11 is 1.60. The molecule has 1 aromatic carbocycles. The van der Waals surface area contributed by atoms with E-state index in [4.69, 9.17) is 0 Å². The summed E-state index contributed by atoms with van der Waals surface area (Å²) < 4.78 is 4.53. The Balaban J connectivity index is 2.69. The lowest BCUT2D eigenvalue weighted by atomic mass is 10.1. The van der Waals surface area contributed by atoms with Crippen molar-refractivity contribution in [3.63, 3.8) is 0 Å². The summed E-state index contributed by atoms with van der Waals surface area (Å²) in [4.78, 5) is 10.9. The van der Waals surface area contributed by atoms with E-state index in [0.29, 0.717) is 6.42 Å². The fourth-order valence-corrected chi connectivity index (χ4v) is 1.17. The van der Waals surface area contributed by atoms with Crippen LogP contribution in [0.1, 0.15) is 11.1 Å². The molecule has 0 atom stereocenters. The maximum atomic E-state index is 10.9. The van der Waals surface area contributed by atoms with Gasteiger partial charge in [-0.3, -0.25) is 4.79 Å². The molecule has 0 aliphatic rings. The molecule has 0 heterocycles. The first kappa shape index (κ1) is 9.51. The number of hydrogen-bond acceptors (Lipinski definition) is 2. The molecule has 0 aliphatic carbocycles. The Bertz CT molecular complexity index is 284. The average molecular weight is 276 g/mol. The van der Waals surface area contributed by atoms with Gasteiger partial charge in [0.2, 0.25) is 0 Å². The quantitative estimate of drug-likeness (QED) is 0.775. The van der Waals surface area contributed by atoms with Gasteiger partial charge in [-0.15, -0.1) is 0 Å². The summed E-state index contributed by atoms with van der Waals surface area (Å²) in [5, 5.41) is 0. The van der Waals surface area contributed by atoms with E-state index < -0.39 is 0 Å². The molecule has 12 heavy (non-hydrogen) atoms. The molecular formula is C9H9IO2. The van der Waals surface area contributed by atoms with E-state index in [1.165, 1.54) is 0 Å². The van der Waals surface area contributed by atoms with Gasteiger partial charge in [-0.2, -0.15) is 0 Å². The SMILES string of the molecule is Cc1cccc(CC(=O)OI)c1. The molecule has 0 amide bonds. The van der Waals surface area contributed by atoms with Gasteiger partial charge < -0.3 is 3.07 Å². The van der Waals surface area contributed by atoms with Crippen LogP contribution in [0.4, 0.5) is 0 Å². The molecule has 0 unspecified atom stereocenters. The monoisotopic (exact) mass is 276 g/mol. The number of rotatable bonds is 2. The van der Waals surface area contributed by atoms with Crippen molar-refractivity contribution in [1.29, 1.82) is 0 Å². The van der Waals surface area contributed by atoms with Crippen molar-refractivity contribution in [1.82, 2.24) is 0 Å². The van der Waals surface area contributed by atoms with Crippen LogP contribution >= 0.6 is 23.0 Å². The highest BCUT2D eigenvalue weighted by Crippen LogP contribution is 2.06. The Morgan fingerprint density at radius 1 is 1.58 bits per heavy atom. The van der Waals surface area contributed by atoms with Gasteiger partial charge in [0, 0.05) is 0 Å². The number of carbonyl (C=O) groups excluding carboxylic acids is 1. The second kappa shape index (κ2) is 4.45. The fraction of sp³-hybridized carbons (Fsp3) is 0.222. The number of halogens is 1. The van der Waals surface area contributed by atoms with Crippen molar-refractivity contribution in [3.8, 4) is 0 Å². The van der Waals surface area contributed by atoms with E-state index in [9.17, 15) is 4.79 Å². The van der Waals surface area contributed by atoms with Crippen LogP contribution in [-0.4, -0.2) is 5.97 Å². The standard InChI is InChI=1S/C9H9IO2/c1-7-3-2-4-8(5-7)6-9(11)12-10/h2-5H,6H2,1H3. The first-order chi connectivity index (χ1) is 5.72. The third kappa shape index (κ3) is 2.81. The minimum absolute atomic E-state index is 0.207. The summed E-state index contributed by atoms with van der Waals surface area (Å²) in [6, 6.07) is 7.83. The summed E-state index contributed by atoms with van der Waals surface area (Å²) in [6.07, 6.45) is 0.352. The van der Waals surface area contributed by atoms with Crippen molar-refractivity contribution >= 4 is 29.0 Å². The number of benzene rings is 1. The Kier molecular flexibility index (Phi) is 3.52. The second-order valence-corrected chi connectivity index (χ2v) is 3.06. The second-order valence-electron chi connectivity index (χ2n) is 2.61. The van der Waals surface area contributed by atoms with Gasteiger partial charge in [0.1, 0.15) is 0 Å². The zero-order valence-electron chi connectivity index (χ0n) is 6.71. The lowest BCUT2D eigenvalue weighted by molar-refractivity contribution is -0.130. The Morgan fingerprint density at radius 2 is 2.33 bits per heavy atom. The molecule has 0 saturated heterocycles. The lowest BCUT2D eigenvalue weighted by Crippen LogP contribution is -2.01. The molecule has 0 bridgehead atoms. The molecule has 0 radical (unpaired) electrons. The minimum Gasteiger partial charge on any atom is -0.394 e. The van der Waals surface area contributed by atoms with E-state index in [2.05, 4.69) is 3.07 Å². The van der Waals surface area contributed by atoms with Crippen LogP contribution in [0.2, 0.25) is 0 Å². The van der Waals surface area contributed by atoms with E-state index in [1.807, 2.05) is 31.2 Å². The normalized spacial score (nSPS) is 9.50. The first-order valence-electron chi connectivity index (χ1n) is 3.59. The minimum atomic E-state index is -0.207. The summed E-state index contributed by atoms with van der Waals surface area (Å²) in [6.45, 7) is 2.00. The van der Waals surface area contributed by atoms with Crippen molar-refractivity contribution < 1.29 is 7.86 Å². The zero-order valence-corrected chi connectivity index (χ0v) is 8.87. The Labute approximate surface area is 85.6 Å². The Morgan fingerprint density at radius 3 is 2.92 bits per heavy atom. The maximum Gasteiger partial charge on any atom is 0.319 e. The molecule has 0 N–H and O–H groups in total. The molecular weight excluding hydrogens is 267 g/mol. The highest BCUT2D eigenvalue weighted by Gasteiger charge is 2.02. The third-order valence-electron chi connectivity index (χ3n) is 1.52. The summed E-state index contributed by atoms with van der Waals surface area (Å²) in [7, 11) is 0. The molecule has 2 nitrogen and oxygen atoms in total. The highest BCUT2D eigenvalue weighted by molar-refractivity contribution is 14.1. The molecule has 0 aromatic heterocycles. The van der Waals surface area contributed by atoms with Gasteiger partial charge in [0.15, 0.2) is 23.0 Å². The third-order valence-corrected chi connectivity index (χ3v) is 2.01. The molecule has 0 aliphatic heterocycles. The van der Waals surface area contributed by atoms with Gasteiger partial charge in [-0.05, 0) is 12.5 Å². The van der Waals surface area contributed by atoms with Crippen LogP contribution in [0.25, 0.3) is 0 Å².